The standard InChI is InChI=1S/C30H32N2O4/c1-20-9-10-24(30(34)35)18-28(20)23-11-12-27-25(17-23)15-21(2)32(29(27)33)19-22-7-5-8-26(16-22)36-14-6-13-31(3)4/h5,7-12,15-18H,6,13-14,19H2,1-4H3,(H,34,35). The van der Waals surface area contributed by atoms with Gasteiger partial charge in [0.1, 0.15) is 5.75 Å². The Balaban J connectivity index is 1.61. The maximum absolute atomic E-state index is 13.4. The topological polar surface area (TPSA) is 71.8 Å². The Morgan fingerprint density at radius 3 is 2.56 bits per heavy atom. The molecule has 0 fully saturated rings. The van der Waals surface area contributed by atoms with Crippen molar-refractivity contribution >= 4 is 16.7 Å². The number of nitrogens with zero attached hydrogens (tertiary/aromatic N) is 2. The van der Waals surface area contributed by atoms with Crippen molar-refractivity contribution in [3.8, 4) is 16.9 Å². The number of carboxylic acids is 1. The lowest BCUT2D eigenvalue weighted by Gasteiger charge is -2.14. The summed E-state index contributed by atoms with van der Waals surface area (Å²) < 4.78 is 7.68. The average Bonchev–Trinajstić information content (AvgIpc) is 2.84. The molecule has 0 saturated carbocycles. The average molecular weight is 485 g/mol. The van der Waals surface area contributed by atoms with E-state index >= 15 is 0 Å². The Morgan fingerprint density at radius 1 is 1.00 bits per heavy atom. The molecule has 0 radical (unpaired) electrons. The van der Waals surface area contributed by atoms with Crippen LogP contribution < -0.4 is 10.3 Å². The van der Waals surface area contributed by atoms with Crippen molar-refractivity contribution in [1.29, 1.82) is 0 Å². The number of benzene rings is 3. The van der Waals surface area contributed by atoms with Gasteiger partial charge in [0.05, 0.1) is 18.7 Å². The molecule has 4 rings (SSSR count). The zero-order valence-corrected chi connectivity index (χ0v) is 21.2. The third-order valence-corrected chi connectivity index (χ3v) is 6.37. The van der Waals surface area contributed by atoms with Gasteiger partial charge in [-0.05, 0) is 104 Å². The van der Waals surface area contributed by atoms with Crippen LogP contribution in [0.2, 0.25) is 0 Å². The molecule has 36 heavy (non-hydrogen) atoms. The first-order chi connectivity index (χ1) is 17.2. The van der Waals surface area contributed by atoms with Crippen LogP contribution in [0.1, 0.15) is 33.6 Å². The highest BCUT2D eigenvalue weighted by molar-refractivity contribution is 5.92. The van der Waals surface area contributed by atoms with Crippen molar-refractivity contribution in [3.05, 3.63) is 99.5 Å². The molecule has 0 aliphatic carbocycles. The summed E-state index contributed by atoms with van der Waals surface area (Å²) in [7, 11) is 4.09. The minimum atomic E-state index is -0.959. The van der Waals surface area contributed by atoms with Crippen LogP contribution in [0.5, 0.6) is 5.75 Å². The molecule has 0 amide bonds. The molecule has 6 nitrogen and oxygen atoms in total. The lowest BCUT2D eigenvalue weighted by Crippen LogP contribution is -2.23. The Hall–Kier alpha value is -3.90. The van der Waals surface area contributed by atoms with E-state index in [2.05, 4.69) is 4.90 Å². The minimum Gasteiger partial charge on any atom is -0.494 e. The number of fused-ring (bicyclic) bond motifs is 1. The Labute approximate surface area is 211 Å². The number of carbonyl (C=O) groups is 1. The number of aromatic nitrogens is 1. The zero-order valence-electron chi connectivity index (χ0n) is 21.2. The first-order valence-corrected chi connectivity index (χ1v) is 12.1. The maximum Gasteiger partial charge on any atom is 0.335 e. The third-order valence-electron chi connectivity index (χ3n) is 6.37. The molecular weight excluding hydrogens is 452 g/mol. The van der Waals surface area contributed by atoms with Crippen LogP contribution in [-0.4, -0.2) is 47.8 Å². The molecule has 0 unspecified atom stereocenters. The van der Waals surface area contributed by atoms with Gasteiger partial charge in [-0.25, -0.2) is 4.79 Å². The molecule has 0 aliphatic rings. The number of hydrogen-bond acceptors (Lipinski definition) is 4. The highest BCUT2D eigenvalue weighted by Gasteiger charge is 2.12. The molecule has 1 N–H and O–H groups in total. The van der Waals surface area contributed by atoms with E-state index in [0.29, 0.717) is 18.5 Å². The van der Waals surface area contributed by atoms with Crippen molar-refractivity contribution in [1.82, 2.24) is 9.47 Å². The van der Waals surface area contributed by atoms with Gasteiger partial charge < -0.3 is 19.3 Å². The second kappa shape index (κ2) is 10.8. The summed E-state index contributed by atoms with van der Waals surface area (Å²) in [5, 5.41) is 10.8. The van der Waals surface area contributed by atoms with Crippen molar-refractivity contribution in [2.24, 2.45) is 0 Å². The number of aromatic carboxylic acids is 1. The lowest BCUT2D eigenvalue weighted by molar-refractivity contribution is 0.0697. The number of pyridine rings is 1. The monoisotopic (exact) mass is 484 g/mol. The second-order valence-corrected chi connectivity index (χ2v) is 9.47. The summed E-state index contributed by atoms with van der Waals surface area (Å²) in [6.45, 7) is 5.96. The predicted molar refractivity (Wildman–Crippen MR) is 144 cm³/mol. The summed E-state index contributed by atoms with van der Waals surface area (Å²) in [6, 6.07) is 20.7. The van der Waals surface area contributed by atoms with Crippen molar-refractivity contribution in [2.45, 2.75) is 26.8 Å². The number of aryl methyl sites for hydroxylation is 2. The van der Waals surface area contributed by atoms with Gasteiger partial charge in [-0.2, -0.15) is 0 Å². The van der Waals surface area contributed by atoms with E-state index in [9.17, 15) is 14.7 Å². The SMILES string of the molecule is Cc1ccc(C(=O)O)cc1-c1ccc2c(=O)n(Cc3cccc(OCCCN(C)C)c3)c(C)cc2c1. The highest BCUT2D eigenvalue weighted by atomic mass is 16.5. The van der Waals surface area contributed by atoms with Gasteiger partial charge in [0.25, 0.3) is 5.56 Å². The van der Waals surface area contributed by atoms with Gasteiger partial charge in [0.15, 0.2) is 0 Å². The van der Waals surface area contributed by atoms with E-state index in [1.807, 2.05) is 82.5 Å². The van der Waals surface area contributed by atoms with Crippen molar-refractivity contribution in [3.63, 3.8) is 0 Å². The molecule has 0 aliphatic heterocycles. The Kier molecular flexibility index (Phi) is 7.55. The molecular formula is C30H32N2O4. The normalized spacial score (nSPS) is 11.2. The van der Waals surface area contributed by atoms with Gasteiger partial charge in [-0.3, -0.25) is 4.79 Å². The second-order valence-electron chi connectivity index (χ2n) is 9.47. The van der Waals surface area contributed by atoms with Gasteiger partial charge in [-0.1, -0.05) is 24.3 Å². The van der Waals surface area contributed by atoms with Crippen molar-refractivity contribution < 1.29 is 14.6 Å². The van der Waals surface area contributed by atoms with Gasteiger partial charge in [-0.15, -0.1) is 0 Å². The van der Waals surface area contributed by atoms with E-state index in [1.54, 1.807) is 16.7 Å². The van der Waals surface area contributed by atoms with Crippen LogP contribution in [-0.2, 0) is 6.54 Å². The molecule has 0 saturated heterocycles. The van der Waals surface area contributed by atoms with E-state index in [0.717, 1.165) is 52.0 Å². The van der Waals surface area contributed by atoms with Crippen LogP contribution in [0.3, 0.4) is 0 Å². The predicted octanol–water partition coefficient (Wildman–Crippen LogP) is 5.36. The fraction of sp³-hybridized carbons (Fsp3) is 0.267. The van der Waals surface area contributed by atoms with Crippen LogP contribution in [0.4, 0.5) is 0 Å². The van der Waals surface area contributed by atoms with E-state index < -0.39 is 5.97 Å². The fourth-order valence-electron chi connectivity index (χ4n) is 4.40. The van der Waals surface area contributed by atoms with E-state index in [-0.39, 0.29) is 11.1 Å². The van der Waals surface area contributed by atoms with Crippen LogP contribution in [0.25, 0.3) is 21.9 Å². The number of ether oxygens (including phenoxy) is 1. The van der Waals surface area contributed by atoms with Gasteiger partial charge >= 0.3 is 5.97 Å². The van der Waals surface area contributed by atoms with Crippen molar-refractivity contribution in [2.75, 3.05) is 27.2 Å². The summed E-state index contributed by atoms with van der Waals surface area (Å²) >= 11 is 0. The molecule has 0 spiro atoms. The zero-order chi connectivity index (χ0) is 25.8. The maximum atomic E-state index is 13.4. The molecule has 6 heteroatoms. The van der Waals surface area contributed by atoms with E-state index in [4.69, 9.17) is 4.74 Å². The number of carboxylic acid groups (broad SMARTS) is 1. The summed E-state index contributed by atoms with van der Waals surface area (Å²) in [5.41, 5.74) is 4.77. The lowest BCUT2D eigenvalue weighted by atomic mass is 9.96. The first-order valence-electron chi connectivity index (χ1n) is 12.1. The number of hydrogen-bond donors (Lipinski definition) is 1. The molecule has 1 heterocycles. The van der Waals surface area contributed by atoms with Gasteiger partial charge in [0, 0.05) is 17.6 Å². The number of rotatable bonds is 9. The molecule has 3 aromatic carbocycles. The largest absolute Gasteiger partial charge is 0.494 e. The Bertz CT molecular complexity index is 1470. The fourth-order valence-corrected chi connectivity index (χ4v) is 4.40. The molecule has 186 valence electrons. The molecule has 1 aromatic heterocycles. The van der Waals surface area contributed by atoms with Crippen LogP contribution >= 0.6 is 0 Å². The summed E-state index contributed by atoms with van der Waals surface area (Å²) in [6.07, 6.45) is 0.947. The minimum absolute atomic E-state index is 0.0511. The highest BCUT2D eigenvalue weighted by Crippen LogP contribution is 2.28. The smallest absolute Gasteiger partial charge is 0.335 e. The van der Waals surface area contributed by atoms with E-state index in [1.165, 1.54) is 0 Å². The molecule has 0 bridgehead atoms. The van der Waals surface area contributed by atoms with Crippen LogP contribution in [0, 0.1) is 13.8 Å². The van der Waals surface area contributed by atoms with Crippen LogP contribution in [0.15, 0.2) is 71.5 Å². The molecule has 4 aromatic rings. The summed E-state index contributed by atoms with van der Waals surface area (Å²) in [4.78, 5) is 27.0. The first kappa shape index (κ1) is 25.2. The Morgan fingerprint density at radius 2 is 1.81 bits per heavy atom. The quantitative estimate of drug-likeness (QED) is 0.324. The third kappa shape index (κ3) is 5.66. The van der Waals surface area contributed by atoms with Gasteiger partial charge in [0.2, 0.25) is 0 Å². The molecule has 0 atom stereocenters. The summed E-state index contributed by atoms with van der Waals surface area (Å²) in [5.74, 6) is -0.153.